The first-order valence-corrected chi connectivity index (χ1v) is 6.27. The van der Waals surface area contributed by atoms with Gasteiger partial charge in [0, 0.05) is 0 Å². The summed E-state index contributed by atoms with van der Waals surface area (Å²) in [6, 6.07) is 8.48. The Morgan fingerprint density at radius 1 is 1.10 bits per heavy atom. The molecule has 0 aliphatic heterocycles. The molecule has 0 bridgehead atoms. The van der Waals surface area contributed by atoms with Crippen LogP contribution < -0.4 is 10.5 Å². The van der Waals surface area contributed by atoms with Gasteiger partial charge in [-0.05, 0) is 61.7 Å². The van der Waals surface area contributed by atoms with Gasteiger partial charge in [0.15, 0.2) is 0 Å². The Labute approximate surface area is 117 Å². The van der Waals surface area contributed by atoms with Crippen LogP contribution in [0.25, 0.3) is 0 Å². The molecule has 0 atom stereocenters. The van der Waals surface area contributed by atoms with Crippen molar-refractivity contribution in [1.29, 1.82) is 0 Å². The standard InChI is InChI=1S/C16H17NO3/c1-9-6-10(2)11(3)15(7-9)20-14-5-4-12(16(18)19)8-13(14)17/h4-8H,17H2,1-3H3,(H,18,19). The molecule has 0 spiro atoms. The van der Waals surface area contributed by atoms with Crippen molar-refractivity contribution in [3.05, 3.63) is 52.6 Å². The zero-order valence-corrected chi connectivity index (χ0v) is 11.7. The molecule has 2 aromatic carbocycles. The summed E-state index contributed by atoms with van der Waals surface area (Å²) in [7, 11) is 0. The number of ether oxygens (including phenoxy) is 1. The fourth-order valence-corrected chi connectivity index (χ4v) is 2.00. The van der Waals surface area contributed by atoms with E-state index < -0.39 is 5.97 Å². The van der Waals surface area contributed by atoms with Crippen LogP contribution in [0.4, 0.5) is 5.69 Å². The van der Waals surface area contributed by atoms with Gasteiger partial charge in [-0.25, -0.2) is 4.79 Å². The molecule has 2 aromatic rings. The summed E-state index contributed by atoms with van der Waals surface area (Å²) in [4.78, 5) is 10.9. The van der Waals surface area contributed by atoms with Crippen LogP contribution in [-0.4, -0.2) is 11.1 Å². The normalized spacial score (nSPS) is 10.3. The van der Waals surface area contributed by atoms with Gasteiger partial charge in [-0.15, -0.1) is 0 Å². The number of nitrogens with two attached hydrogens (primary N) is 1. The first-order valence-electron chi connectivity index (χ1n) is 6.27. The first kappa shape index (κ1) is 13.9. The van der Waals surface area contributed by atoms with Crippen molar-refractivity contribution < 1.29 is 14.6 Å². The number of anilines is 1. The summed E-state index contributed by atoms with van der Waals surface area (Å²) in [5.41, 5.74) is 9.58. The lowest BCUT2D eigenvalue weighted by molar-refractivity contribution is 0.0697. The van der Waals surface area contributed by atoms with E-state index >= 15 is 0 Å². The monoisotopic (exact) mass is 271 g/mol. The number of aryl methyl sites for hydroxylation is 2. The largest absolute Gasteiger partial charge is 0.478 e. The number of nitrogen functional groups attached to an aromatic ring is 1. The van der Waals surface area contributed by atoms with Gasteiger partial charge in [-0.2, -0.15) is 0 Å². The lowest BCUT2D eigenvalue weighted by Crippen LogP contribution is -2.00. The Balaban J connectivity index is 2.38. The predicted molar refractivity (Wildman–Crippen MR) is 78.5 cm³/mol. The molecule has 0 aliphatic rings. The minimum Gasteiger partial charge on any atom is -0.478 e. The number of benzene rings is 2. The minimum absolute atomic E-state index is 0.145. The number of hydrogen-bond acceptors (Lipinski definition) is 3. The average molecular weight is 271 g/mol. The van der Waals surface area contributed by atoms with Crippen molar-refractivity contribution in [2.75, 3.05) is 5.73 Å². The molecule has 104 valence electrons. The second-order valence-electron chi connectivity index (χ2n) is 4.86. The molecule has 0 saturated carbocycles. The van der Waals surface area contributed by atoms with E-state index in [9.17, 15) is 4.79 Å². The molecule has 2 rings (SSSR count). The first-order chi connectivity index (χ1) is 9.38. The molecule has 3 N–H and O–H groups in total. The number of carboxylic acid groups (broad SMARTS) is 1. The fraction of sp³-hybridized carbons (Fsp3) is 0.188. The second-order valence-corrected chi connectivity index (χ2v) is 4.86. The highest BCUT2D eigenvalue weighted by Crippen LogP contribution is 2.32. The van der Waals surface area contributed by atoms with Gasteiger partial charge in [0.2, 0.25) is 0 Å². The van der Waals surface area contributed by atoms with Gasteiger partial charge in [0.05, 0.1) is 11.3 Å². The number of carbonyl (C=O) groups is 1. The van der Waals surface area contributed by atoms with E-state index in [0.717, 1.165) is 22.4 Å². The zero-order valence-electron chi connectivity index (χ0n) is 11.7. The molecule has 0 aromatic heterocycles. The van der Waals surface area contributed by atoms with Crippen LogP contribution in [0.2, 0.25) is 0 Å². The van der Waals surface area contributed by atoms with Crippen LogP contribution >= 0.6 is 0 Å². The predicted octanol–water partition coefficient (Wildman–Crippen LogP) is 3.68. The van der Waals surface area contributed by atoms with Crippen LogP contribution in [0.5, 0.6) is 11.5 Å². The summed E-state index contributed by atoms with van der Waals surface area (Å²) in [5, 5.41) is 8.91. The summed E-state index contributed by atoms with van der Waals surface area (Å²) >= 11 is 0. The fourth-order valence-electron chi connectivity index (χ4n) is 2.00. The summed E-state index contributed by atoms with van der Waals surface area (Å²) in [5.74, 6) is 0.186. The molecule has 0 amide bonds. The van der Waals surface area contributed by atoms with E-state index in [0.29, 0.717) is 11.4 Å². The molecule has 0 unspecified atom stereocenters. The molecule has 4 nitrogen and oxygen atoms in total. The Morgan fingerprint density at radius 2 is 1.80 bits per heavy atom. The van der Waals surface area contributed by atoms with Crippen molar-refractivity contribution in [2.24, 2.45) is 0 Å². The Kier molecular flexibility index (Phi) is 3.66. The quantitative estimate of drug-likeness (QED) is 0.835. The highest BCUT2D eigenvalue weighted by molar-refractivity contribution is 5.89. The smallest absolute Gasteiger partial charge is 0.335 e. The third kappa shape index (κ3) is 2.74. The van der Waals surface area contributed by atoms with E-state index in [1.807, 2.05) is 26.8 Å². The minimum atomic E-state index is -1.01. The van der Waals surface area contributed by atoms with Crippen molar-refractivity contribution in [3.8, 4) is 11.5 Å². The SMILES string of the molecule is Cc1cc(C)c(C)c(Oc2ccc(C(=O)O)cc2N)c1. The van der Waals surface area contributed by atoms with Crippen molar-refractivity contribution in [3.63, 3.8) is 0 Å². The highest BCUT2D eigenvalue weighted by atomic mass is 16.5. The van der Waals surface area contributed by atoms with Crippen molar-refractivity contribution in [2.45, 2.75) is 20.8 Å². The van der Waals surface area contributed by atoms with Crippen molar-refractivity contribution in [1.82, 2.24) is 0 Å². The summed E-state index contributed by atoms with van der Waals surface area (Å²) in [6.07, 6.45) is 0. The molecule has 0 fully saturated rings. The molecule has 20 heavy (non-hydrogen) atoms. The van der Waals surface area contributed by atoms with E-state index in [4.69, 9.17) is 15.6 Å². The second kappa shape index (κ2) is 5.25. The maximum Gasteiger partial charge on any atom is 0.335 e. The summed E-state index contributed by atoms with van der Waals surface area (Å²) in [6.45, 7) is 5.99. The lowest BCUT2D eigenvalue weighted by atomic mass is 10.1. The van der Waals surface area contributed by atoms with Gasteiger partial charge in [-0.1, -0.05) is 6.07 Å². The van der Waals surface area contributed by atoms with Crippen LogP contribution in [0, 0.1) is 20.8 Å². The Bertz CT molecular complexity index is 678. The maximum absolute atomic E-state index is 10.9. The summed E-state index contributed by atoms with van der Waals surface area (Å²) < 4.78 is 5.82. The third-order valence-electron chi connectivity index (χ3n) is 3.24. The molecule has 0 aliphatic carbocycles. The van der Waals surface area contributed by atoms with Crippen molar-refractivity contribution >= 4 is 11.7 Å². The number of aromatic carboxylic acids is 1. The van der Waals surface area contributed by atoms with E-state index in [2.05, 4.69) is 6.07 Å². The van der Waals surface area contributed by atoms with Gasteiger partial charge in [0.25, 0.3) is 0 Å². The highest BCUT2D eigenvalue weighted by Gasteiger charge is 2.10. The van der Waals surface area contributed by atoms with Gasteiger partial charge < -0.3 is 15.6 Å². The van der Waals surface area contributed by atoms with E-state index in [1.165, 1.54) is 12.1 Å². The molecule has 4 heteroatoms. The topological polar surface area (TPSA) is 72.5 Å². The number of carboxylic acids is 1. The Morgan fingerprint density at radius 3 is 2.40 bits per heavy atom. The van der Waals surface area contributed by atoms with Crippen LogP contribution in [0.1, 0.15) is 27.0 Å². The third-order valence-corrected chi connectivity index (χ3v) is 3.24. The van der Waals surface area contributed by atoms with Crippen LogP contribution in [0.3, 0.4) is 0 Å². The van der Waals surface area contributed by atoms with Crippen LogP contribution in [0.15, 0.2) is 30.3 Å². The van der Waals surface area contributed by atoms with Gasteiger partial charge in [0.1, 0.15) is 11.5 Å². The molecule has 0 radical (unpaired) electrons. The lowest BCUT2D eigenvalue weighted by Gasteiger charge is -2.13. The van der Waals surface area contributed by atoms with E-state index in [-0.39, 0.29) is 5.56 Å². The van der Waals surface area contributed by atoms with E-state index in [1.54, 1.807) is 6.07 Å². The average Bonchev–Trinajstić information content (AvgIpc) is 2.37. The van der Waals surface area contributed by atoms with Gasteiger partial charge in [-0.3, -0.25) is 0 Å². The number of rotatable bonds is 3. The molecular weight excluding hydrogens is 254 g/mol. The Hall–Kier alpha value is -2.49. The molecular formula is C16H17NO3. The van der Waals surface area contributed by atoms with Crippen LogP contribution in [-0.2, 0) is 0 Å². The molecule has 0 saturated heterocycles. The number of hydrogen-bond donors (Lipinski definition) is 2. The molecule has 0 heterocycles. The zero-order chi connectivity index (χ0) is 14.9. The maximum atomic E-state index is 10.9. The van der Waals surface area contributed by atoms with Gasteiger partial charge >= 0.3 is 5.97 Å².